The first-order valence-electron chi connectivity index (χ1n) is 5.99. The van der Waals surface area contributed by atoms with Gasteiger partial charge in [-0.2, -0.15) is 0 Å². The van der Waals surface area contributed by atoms with Crippen LogP contribution in [0.25, 0.3) is 0 Å². The van der Waals surface area contributed by atoms with Crippen molar-refractivity contribution in [2.75, 3.05) is 5.32 Å². The molecule has 104 valence electrons. The zero-order valence-corrected chi connectivity index (χ0v) is 11.5. The highest BCUT2D eigenvalue weighted by Gasteiger charge is 2.13. The van der Waals surface area contributed by atoms with E-state index in [4.69, 9.17) is 11.6 Å². The van der Waals surface area contributed by atoms with E-state index in [9.17, 15) is 14.9 Å². The minimum atomic E-state index is -0.541. The molecule has 2 N–H and O–H groups in total. The topological polar surface area (TPSA) is 84.3 Å². The van der Waals surface area contributed by atoms with Gasteiger partial charge in [0.25, 0.3) is 5.69 Å². The van der Waals surface area contributed by atoms with Crippen LogP contribution in [-0.4, -0.2) is 17.0 Å². The summed E-state index contributed by atoms with van der Waals surface area (Å²) in [6.45, 7) is 3.93. The van der Waals surface area contributed by atoms with Crippen LogP contribution in [0.2, 0.25) is 5.02 Å². The first-order valence-corrected chi connectivity index (χ1v) is 6.37. The molecule has 1 aromatic rings. The lowest BCUT2D eigenvalue weighted by Crippen LogP contribution is -2.37. The van der Waals surface area contributed by atoms with Gasteiger partial charge in [0, 0.05) is 18.2 Å². The van der Waals surface area contributed by atoms with Crippen molar-refractivity contribution in [3.8, 4) is 0 Å². The zero-order valence-electron chi connectivity index (χ0n) is 10.8. The molecule has 0 spiro atoms. The van der Waals surface area contributed by atoms with Gasteiger partial charge in [-0.25, -0.2) is 4.79 Å². The third-order valence-corrected chi connectivity index (χ3v) is 3.06. The third kappa shape index (κ3) is 4.40. The Kier molecular flexibility index (Phi) is 5.57. The van der Waals surface area contributed by atoms with Crippen LogP contribution >= 0.6 is 11.6 Å². The number of non-ortho nitro benzene ring substituents is 1. The van der Waals surface area contributed by atoms with Gasteiger partial charge in [-0.3, -0.25) is 10.1 Å². The number of carbonyl (C=O) groups excluding carboxylic acids is 1. The Hall–Kier alpha value is -1.82. The van der Waals surface area contributed by atoms with Gasteiger partial charge >= 0.3 is 6.03 Å². The lowest BCUT2D eigenvalue weighted by Gasteiger charge is -2.15. The Bertz CT molecular complexity index is 475. The molecule has 0 radical (unpaired) electrons. The van der Waals surface area contributed by atoms with Crippen LogP contribution in [0.5, 0.6) is 0 Å². The van der Waals surface area contributed by atoms with Gasteiger partial charge in [0.1, 0.15) is 0 Å². The summed E-state index contributed by atoms with van der Waals surface area (Å²) in [6.07, 6.45) is 1.62. The largest absolute Gasteiger partial charge is 0.335 e. The number of carbonyl (C=O) groups is 1. The average Bonchev–Trinajstić information content (AvgIpc) is 2.38. The van der Waals surface area contributed by atoms with Crippen molar-refractivity contribution in [3.63, 3.8) is 0 Å². The van der Waals surface area contributed by atoms with Crippen molar-refractivity contribution >= 4 is 29.0 Å². The molecule has 0 aliphatic rings. The molecule has 0 unspecified atom stereocenters. The van der Waals surface area contributed by atoms with Crippen molar-refractivity contribution in [2.24, 2.45) is 0 Å². The van der Waals surface area contributed by atoms with Gasteiger partial charge in [0.05, 0.1) is 15.6 Å². The smallest absolute Gasteiger partial charge is 0.319 e. The molecule has 1 aromatic carbocycles. The van der Waals surface area contributed by atoms with E-state index in [-0.39, 0.29) is 22.4 Å². The van der Waals surface area contributed by atoms with Crippen molar-refractivity contribution in [1.29, 1.82) is 0 Å². The summed E-state index contributed by atoms with van der Waals surface area (Å²) in [4.78, 5) is 21.8. The number of benzene rings is 1. The highest BCUT2D eigenvalue weighted by molar-refractivity contribution is 6.33. The quantitative estimate of drug-likeness (QED) is 0.641. The fraction of sp³-hybridized carbons (Fsp3) is 0.417. The average molecular weight is 286 g/mol. The van der Waals surface area contributed by atoms with Crippen molar-refractivity contribution in [2.45, 2.75) is 32.7 Å². The summed E-state index contributed by atoms with van der Waals surface area (Å²) in [5.74, 6) is 0. The molecule has 0 aromatic heterocycles. The molecule has 19 heavy (non-hydrogen) atoms. The Balaban J connectivity index is 2.78. The van der Waals surface area contributed by atoms with Gasteiger partial charge in [-0.15, -0.1) is 0 Å². The molecule has 0 saturated carbocycles. The normalized spacial score (nSPS) is 10.3. The number of urea groups is 1. The molecule has 0 aliphatic heterocycles. The van der Waals surface area contributed by atoms with E-state index in [0.717, 1.165) is 12.8 Å². The molecule has 0 atom stereocenters. The first-order chi connectivity index (χ1) is 8.97. The standard InChI is InChI=1S/C12H16ClN3O3/c1-3-8(4-2)14-12(17)15-11-7-9(16(18)19)5-6-10(11)13/h5-8H,3-4H2,1-2H3,(H2,14,15,17). The number of rotatable bonds is 5. The van der Waals surface area contributed by atoms with E-state index in [0.29, 0.717) is 0 Å². The lowest BCUT2D eigenvalue weighted by molar-refractivity contribution is -0.384. The maximum atomic E-state index is 11.7. The summed E-state index contributed by atoms with van der Waals surface area (Å²) >= 11 is 5.88. The zero-order chi connectivity index (χ0) is 14.4. The first kappa shape index (κ1) is 15.2. The Morgan fingerprint density at radius 2 is 2.05 bits per heavy atom. The van der Waals surface area contributed by atoms with Crippen LogP contribution < -0.4 is 10.6 Å². The number of amides is 2. The van der Waals surface area contributed by atoms with E-state index >= 15 is 0 Å². The maximum Gasteiger partial charge on any atom is 0.319 e. The van der Waals surface area contributed by atoms with Crippen LogP contribution in [0, 0.1) is 10.1 Å². The molecule has 2 amide bonds. The molecule has 1 rings (SSSR count). The van der Waals surface area contributed by atoms with Gasteiger partial charge < -0.3 is 10.6 Å². The van der Waals surface area contributed by atoms with E-state index in [1.54, 1.807) is 0 Å². The monoisotopic (exact) mass is 285 g/mol. The Labute approximate surface area is 116 Å². The summed E-state index contributed by atoms with van der Waals surface area (Å²) in [5.41, 5.74) is 0.0987. The van der Waals surface area contributed by atoms with Crippen LogP contribution in [-0.2, 0) is 0 Å². The number of hydrogen-bond donors (Lipinski definition) is 2. The van der Waals surface area contributed by atoms with Crippen LogP contribution in [0.1, 0.15) is 26.7 Å². The number of nitro groups is 1. The summed E-state index contributed by atoms with van der Waals surface area (Å²) in [7, 11) is 0. The lowest BCUT2D eigenvalue weighted by atomic mass is 10.2. The minimum absolute atomic E-state index is 0.0671. The van der Waals surface area contributed by atoms with Gasteiger partial charge in [0.2, 0.25) is 0 Å². The number of halogens is 1. The molecule has 7 heteroatoms. The van der Waals surface area contributed by atoms with Crippen LogP contribution in [0.15, 0.2) is 18.2 Å². The molecular weight excluding hydrogens is 270 g/mol. The van der Waals surface area contributed by atoms with Crippen LogP contribution in [0.3, 0.4) is 0 Å². The third-order valence-electron chi connectivity index (χ3n) is 2.73. The summed E-state index contributed by atoms with van der Waals surface area (Å²) in [6, 6.07) is 3.54. The minimum Gasteiger partial charge on any atom is -0.335 e. The molecule has 6 nitrogen and oxygen atoms in total. The van der Waals surface area contributed by atoms with Crippen molar-refractivity contribution < 1.29 is 9.72 Å². The van der Waals surface area contributed by atoms with Gasteiger partial charge in [-0.1, -0.05) is 25.4 Å². The van der Waals surface area contributed by atoms with E-state index in [1.807, 2.05) is 13.8 Å². The van der Waals surface area contributed by atoms with E-state index in [2.05, 4.69) is 10.6 Å². The second-order valence-corrected chi connectivity index (χ2v) is 4.44. The molecule has 0 aliphatic carbocycles. The van der Waals surface area contributed by atoms with Gasteiger partial charge in [0.15, 0.2) is 0 Å². The molecular formula is C12H16ClN3O3. The number of nitrogens with zero attached hydrogens (tertiary/aromatic N) is 1. The summed E-state index contributed by atoms with van der Waals surface area (Å²) < 4.78 is 0. The highest BCUT2D eigenvalue weighted by Crippen LogP contribution is 2.26. The number of anilines is 1. The second-order valence-electron chi connectivity index (χ2n) is 4.03. The van der Waals surface area contributed by atoms with Crippen LogP contribution in [0.4, 0.5) is 16.2 Å². The van der Waals surface area contributed by atoms with Gasteiger partial charge in [-0.05, 0) is 18.9 Å². The fourth-order valence-corrected chi connectivity index (χ4v) is 1.72. The van der Waals surface area contributed by atoms with Crippen molar-refractivity contribution in [3.05, 3.63) is 33.3 Å². The van der Waals surface area contributed by atoms with E-state index < -0.39 is 11.0 Å². The van der Waals surface area contributed by atoms with E-state index in [1.165, 1.54) is 18.2 Å². The Morgan fingerprint density at radius 1 is 1.42 bits per heavy atom. The fourth-order valence-electron chi connectivity index (χ4n) is 1.56. The number of nitro benzene ring substituents is 1. The maximum absolute atomic E-state index is 11.7. The molecule has 0 heterocycles. The predicted octanol–water partition coefficient (Wildman–Crippen LogP) is 3.56. The predicted molar refractivity (Wildman–Crippen MR) is 74.6 cm³/mol. The SMILES string of the molecule is CCC(CC)NC(=O)Nc1cc([N+](=O)[O-])ccc1Cl. The molecule has 0 fully saturated rings. The Morgan fingerprint density at radius 3 is 2.58 bits per heavy atom. The highest BCUT2D eigenvalue weighted by atomic mass is 35.5. The van der Waals surface area contributed by atoms with Crippen molar-refractivity contribution in [1.82, 2.24) is 5.32 Å². The number of hydrogen-bond acceptors (Lipinski definition) is 3. The summed E-state index contributed by atoms with van der Waals surface area (Å²) in [5, 5.41) is 16.2. The second kappa shape index (κ2) is 6.94. The molecule has 0 saturated heterocycles. The molecule has 0 bridgehead atoms. The number of nitrogens with one attached hydrogen (secondary N) is 2.